The minimum atomic E-state index is -2.26. The van der Waals surface area contributed by atoms with Crippen molar-refractivity contribution >= 4 is 17.8 Å². The number of likely N-dealkylation sites (tertiary alicyclic amines) is 1. The number of nitrogens with zero attached hydrogens (tertiary/aromatic N) is 1. The van der Waals surface area contributed by atoms with Gasteiger partial charge in [0.25, 0.3) is 5.54 Å². The average Bonchev–Trinajstić information content (AvgIpc) is 2.81. The van der Waals surface area contributed by atoms with Crippen molar-refractivity contribution in [1.29, 1.82) is 0 Å². The number of benzene rings is 1. The molecule has 1 aliphatic rings. The van der Waals surface area contributed by atoms with Gasteiger partial charge in [0.2, 0.25) is 5.91 Å². The van der Waals surface area contributed by atoms with Gasteiger partial charge in [0, 0.05) is 0 Å². The number of aliphatic hydroxyl groups is 1. The van der Waals surface area contributed by atoms with E-state index in [-0.39, 0.29) is 19.6 Å². The summed E-state index contributed by atoms with van der Waals surface area (Å²) >= 11 is 0. The Kier molecular flexibility index (Phi) is 5.71. The highest BCUT2D eigenvalue weighted by Gasteiger charge is 2.72. The maximum atomic E-state index is 12.9. The third-order valence-electron chi connectivity index (χ3n) is 4.72. The molecule has 0 aliphatic carbocycles. The lowest BCUT2D eigenvalue weighted by Crippen LogP contribution is -2.68. The molecule has 1 aromatic carbocycles. The lowest BCUT2D eigenvalue weighted by molar-refractivity contribution is -0.190. The predicted octanol–water partition coefficient (Wildman–Crippen LogP) is 1.60. The Bertz CT molecular complexity index is 667. The molecule has 26 heavy (non-hydrogen) atoms. The summed E-state index contributed by atoms with van der Waals surface area (Å²) in [7, 11) is 0. The zero-order chi connectivity index (χ0) is 19.5. The van der Waals surface area contributed by atoms with Crippen molar-refractivity contribution in [3.8, 4) is 0 Å². The van der Waals surface area contributed by atoms with E-state index in [0.29, 0.717) is 0 Å². The molecule has 1 unspecified atom stereocenters. The van der Waals surface area contributed by atoms with Crippen molar-refractivity contribution in [1.82, 2.24) is 4.90 Å². The van der Waals surface area contributed by atoms with E-state index in [4.69, 9.17) is 9.47 Å². The van der Waals surface area contributed by atoms with Gasteiger partial charge in [-0.15, -0.1) is 0 Å². The Balaban J connectivity index is 2.66. The summed E-state index contributed by atoms with van der Waals surface area (Å²) in [6.45, 7) is 6.16. The lowest BCUT2D eigenvalue weighted by Gasteiger charge is -2.42. The highest BCUT2D eigenvalue weighted by Crippen LogP contribution is 2.46. The molecule has 1 heterocycles. The molecule has 1 aromatic rings. The molecule has 1 aliphatic heterocycles. The first kappa shape index (κ1) is 19.9. The fraction of sp³-hybridized carbons (Fsp3) is 0.526. The van der Waals surface area contributed by atoms with E-state index >= 15 is 0 Å². The van der Waals surface area contributed by atoms with Crippen LogP contribution in [0.15, 0.2) is 30.3 Å². The summed E-state index contributed by atoms with van der Waals surface area (Å²) in [6, 6.07) is 8.33. The van der Waals surface area contributed by atoms with Gasteiger partial charge in [0.15, 0.2) is 0 Å². The Morgan fingerprint density at radius 2 is 1.65 bits per heavy atom. The number of carbonyl (C=O) groups excluding carboxylic acids is 3. The first-order valence-corrected chi connectivity index (χ1v) is 8.68. The van der Waals surface area contributed by atoms with E-state index in [9.17, 15) is 19.5 Å². The molecule has 2 atom stereocenters. The van der Waals surface area contributed by atoms with Gasteiger partial charge >= 0.3 is 11.9 Å². The van der Waals surface area contributed by atoms with Gasteiger partial charge in [-0.1, -0.05) is 30.3 Å². The molecule has 0 aromatic heterocycles. The fourth-order valence-corrected chi connectivity index (χ4v) is 3.53. The first-order chi connectivity index (χ1) is 12.2. The van der Waals surface area contributed by atoms with Gasteiger partial charge in [0.05, 0.1) is 25.7 Å². The highest BCUT2D eigenvalue weighted by atomic mass is 16.6. The fourth-order valence-electron chi connectivity index (χ4n) is 3.53. The maximum absolute atomic E-state index is 12.9. The quantitative estimate of drug-likeness (QED) is 0.609. The maximum Gasteiger partial charge on any atom is 0.347 e. The number of esters is 2. The average molecular weight is 363 g/mol. The second kappa shape index (κ2) is 7.45. The van der Waals surface area contributed by atoms with E-state index in [0.717, 1.165) is 10.5 Å². The summed E-state index contributed by atoms with van der Waals surface area (Å²) in [5.74, 6) is -2.50. The van der Waals surface area contributed by atoms with Gasteiger partial charge in [0.1, 0.15) is 5.60 Å². The van der Waals surface area contributed by atoms with Crippen LogP contribution in [0.2, 0.25) is 0 Å². The largest absolute Gasteiger partial charge is 0.464 e. The van der Waals surface area contributed by atoms with E-state index in [1.807, 2.05) is 6.07 Å². The molecule has 7 nitrogen and oxygen atoms in total. The van der Waals surface area contributed by atoms with Gasteiger partial charge in [-0.05, 0) is 33.3 Å². The second-order valence-electron chi connectivity index (χ2n) is 6.45. The number of hydrogen-bond acceptors (Lipinski definition) is 6. The lowest BCUT2D eigenvalue weighted by atomic mass is 9.80. The zero-order valence-corrected chi connectivity index (χ0v) is 15.5. The van der Waals surface area contributed by atoms with Crippen LogP contribution in [0.3, 0.4) is 0 Å². The molecular formula is C19H25NO6. The van der Waals surface area contributed by atoms with Crippen molar-refractivity contribution in [3.63, 3.8) is 0 Å². The van der Waals surface area contributed by atoms with Crippen molar-refractivity contribution in [2.45, 2.75) is 51.3 Å². The van der Waals surface area contributed by atoms with Gasteiger partial charge < -0.3 is 19.5 Å². The molecule has 1 amide bonds. The normalized spacial score (nSPS) is 22.8. The third-order valence-corrected chi connectivity index (χ3v) is 4.72. The minimum Gasteiger partial charge on any atom is -0.464 e. The molecule has 1 saturated heterocycles. The number of carbonyl (C=O) groups is 3. The van der Waals surface area contributed by atoms with Crippen molar-refractivity contribution in [2.75, 3.05) is 13.2 Å². The van der Waals surface area contributed by atoms with Crippen LogP contribution in [0.1, 0.15) is 45.7 Å². The van der Waals surface area contributed by atoms with Crippen LogP contribution in [0.4, 0.5) is 0 Å². The Hall–Kier alpha value is -2.41. The third kappa shape index (κ3) is 2.96. The van der Waals surface area contributed by atoms with E-state index < -0.39 is 35.0 Å². The first-order valence-electron chi connectivity index (χ1n) is 8.68. The number of hydrogen-bond donors (Lipinski definition) is 1. The molecule has 7 heteroatoms. The summed E-state index contributed by atoms with van der Waals surface area (Å²) in [4.78, 5) is 39.7. The van der Waals surface area contributed by atoms with E-state index in [1.54, 1.807) is 45.0 Å². The van der Waals surface area contributed by atoms with Crippen molar-refractivity contribution in [3.05, 3.63) is 35.9 Å². The van der Waals surface area contributed by atoms with Crippen LogP contribution in [-0.2, 0) is 23.9 Å². The van der Waals surface area contributed by atoms with Crippen LogP contribution < -0.4 is 0 Å². The smallest absolute Gasteiger partial charge is 0.347 e. The molecular weight excluding hydrogens is 338 g/mol. The Morgan fingerprint density at radius 3 is 2.12 bits per heavy atom. The summed E-state index contributed by atoms with van der Waals surface area (Å²) in [5.41, 5.74) is -3.51. The topological polar surface area (TPSA) is 93.1 Å². The van der Waals surface area contributed by atoms with Crippen LogP contribution >= 0.6 is 0 Å². The van der Waals surface area contributed by atoms with Gasteiger partial charge in [-0.2, -0.15) is 0 Å². The van der Waals surface area contributed by atoms with Gasteiger partial charge in [-0.25, -0.2) is 9.59 Å². The summed E-state index contributed by atoms with van der Waals surface area (Å²) in [5, 5.41) is 11.0. The zero-order valence-electron chi connectivity index (χ0n) is 15.5. The van der Waals surface area contributed by atoms with E-state index in [2.05, 4.69) is 0 Å². The molecule has 1 fully saturated rings. The van der Waals surface area contributed by atoms with Crippen molar-refractivity contribution in [2.24, 2.45) is 0 Å². The molecule has 1 N–H and O–H groups in total. The molecule has 142 valence electrons. The molecule has 0 saturated carbocycles. The highest BCUT2D eigenvalue weighted by molar-refractivity contribution is 6.12. The van der Waals surface area contributed by atoms with Crippen LogP contribution in [0.5, 0.6) is 0 Å². The minimum absolute atomic E-state index is 0.00217. The summed E-state index contributed by atoms with van der Waals surface area (Å²) in [6.07, 6.45) is -0.387. The second-order valence-corrected chi connectivity index (χ2v) is 6.45. The SMILES string of the molecule is CCOC(=O)C1(C(=O)OCC)N([C@H](C)c2ccccc2)C(=O)CC1(C)O. The number of amides is 1. The van der Waals surface area contributed by atoms with Crippen molar-refractivity contribution < 1.29 is 29.0 Å². The van der Waals surface area contributed by atoms with Crippen LogP contribution in [-0.4, -0.2) is 52.2 Å². The Labute approximate surface area is 152 Å². The Morgan fingerprint density at radius 1 is 1.15 bits per heavy atom. The number of rotatable bonds is 6. The number of ether oxygens (including phenoxy) is 2. The predicted molar refractivity (Wildman–Crippen MR) is 92.9 cm³/mol. The van der Waals surface area contributed by atoms with Gasteiger partial charge in [-0.3, -0.25) is 4.79 Å². The summed E-state index contributed by atoms with van der Waals surface area (Å²) < 4.78 is 10.2. The molecule has 0 spiro atoms. The van der Waals surface area contributed by atoms with Crippen LogP contribution in [0, 0.1) is 0 Å². The molecule has 0 radical (unpaired) electrons. The standard InChI is InChI=1S/C19H25NO6/c1-5-25-16(22)19(17(23)26-6-2)18(4,24)12-15(21)20(19)13(3)14-10-8-7-9-11-14/h7-11,13,24H,5-6,12H2,1-4H3/t13-,18?/m1/s1. The molecule has 0 bridgehead atoms. The monoisotopic (exact) mass is 363 g/mol. The molecule has 2 rings (SSSR count). The van der Waals surface area contributed by atoms with Crippen LogP contribution in [0.25, 0.3) is 0 Å². The van der Waals surface area contributed by atoms with E-state index in [1.165, 1.54) is 6.92 Å².